The van der Waals surface area contributed by atoms with Gasteiger partial charge in [0.15, 0.2) is 0 Å². The molecule has 4 aliphatic rings. The standard InChI is InChI=1S/C20H25NO2/c1-19-8-6-16-15-5-3-14(22)12-13(15)2-4-17(16)18(19)7-9-20(19,23)10-11-21/h6,17-18,23H,2-5,7-10,12H2,1H3/t17-,18-,19+,20-/m1/s1. The number of ketones is 1. The lowest BCUT2D eigenvalue weighted by Crippen LogP contribution is -2.48. The van der Waals surface area contributed by atoms with E-state index in [1.54, 1.807) is 0 Å². The van der Waals surface area contributed by atoms with Gasteiger partial charge in [-0.2, -0.15) is 5.26 Å². The van der Waals surface area contributed by atoms with Crippen molar-refractivity contribution >= 4 is 5.78 Å². The summed E-state index contributed by atoms with van der Waals surface area (Å²) in [6, 6.07) is 2.21. The number of nitriles is 1. The van der Waals surface area contributed by atoms with E-state index in [-0.39, 0.29) is 11.8 Å². The number of nitrogens with zero attached hydrogens (tertiary/aromatic N) is 1. The molecule has 4 rings (SSSR count). The lowest BCUT2D eigenvalue weighted by atomic mass is 9.56. The highest BCUT2D eigenvalue weighted by Gasteiger charge is 2.59. The Morgan fingerprint density at radius 3 is 2.96 bits per heavy atom. The van der Waals surface area contributed by atoms with E-state index in [4.69, 9.17) is 5.26 Å². The van der Waals surface area contributed by atoms with Crippen molar-refractivity contribution < 1.29 is 9.90 Å². The Bertz CT molecular complexity index is 668. The van der Waals surface area contributed by atoms with E-state index in [1.807, 2.05) is 0 Å². The van der Waals surface area contributed by atoms with E-state index in [0.717, 1.165) is 38.5 Å². The van der Waals surface area contributed by atoms with Gasteiger partial charge in [0, 0.05) is 18.3 Å². The van der Waals surface area contributed by atoms with Gasteiger partial charge in [0.05, 0.1) is 18.1 Å². The molecule has 0 saturated heterocycles. The summed E-state index contributed by atoms with van der Waals surface area (Å²) in [5.74, 6) is 1.40. The van der Waals surface area contributed by atoms with Crippen LogP contribution in [0.1, 0.15) is 64.7 Å². The van der Waals surface area contributed by atoms with E-state index in [2.05, 4.69) is 19.1 Å². The number of fused-ring (bicyclic) bond motifs is 4. The third-order valence-corrected chi connectivity index (χ3v) is 7.35. The maximum atomic E-state index is 11.8. The van der Waals surface area contributed by atoms with Crippen molar-refractivity contribution in [1.82, 2.24) is 0 Å². The Balaban J connectivity index is 1.71. The average Bonchev–Trinajstić information content (AvgIpc) is 2.79. The number of carbonyl (C=O) groups excluding carboxylic acids is 1. The van der Waals surface area contributed by atoms with Gasteiger partial charge >= 0.3 is 0 Å². The maximum Gasteiger partial charge on any atom is 0.137 e. The highest BCUT2D eigenvalue weighted by atomic mass is 16.3. The van der Waals surface area contributed by atoms with Crippen LogP contribution in [0.2, 0.25) is 0 Å². The second-order valence-electron chi connectivity index (χ2n) is 8.24. The molecule has 4 atom stereocenters. The minimum absolute atomic E-state index is 0.167. The monoisotopic (exact) mass is 311 g/mol. The highest BCUT2D eigenvalue weighted by Crippen LogP contribution is 2.63. The first-order valence-electron chi connectivity index (χ1n) is 9.01. The molecule has 1 N–H and O–H groups in total. The first-order chi connectivity index (χ1) is 11.0. The van der Waals surface area contributed by atoms with Crippen LogP contribution < -0.4 is 0 Å². The Morgan fingerprint density at radius 2 is 2.17 bits per heavy atom. The molecule has 0 aromatic heterocycles. The predicted molar refractivity (Wildman–Crippen MR) is 87.3 cm³/mol. The molecule has 1 fully saturated rings. The van der Waals surface area contributed by atoms with Crippen LogP contribution in [-0.2, 0) is 4.79 Å². The van der Waals surface area contributed by atoms with Crippen molar-refractivity contribution in [1.29, 1.82) is 5.26 Å². The molecule has 4 aliphatic carbocycles. The number of Topliss-reactive ketones (excluding diaryl/α,β-unsaturated/α-hetero) is 1. The molecule has 3 nitrogen and oxygen atoms in total. The second kappa shape index (κ2) is 5.05. The zero-order valence-electron chi connectivity index (χ0n) is 13.9. The molecule has 0 bridgehead atoms. The number of rotatable bonds is 1. The van der Waals surface area contributed by atoms with Gasteiger partial charge < -0.3 is 5.11 Å². The van der Waals surface area contributed by atoms with Gasteiger partial charge in [-0.3, -0.25) is 4.79 Å². The summed E-state index contributed by atoms with van der Waals surface area (Å²) in [5, 5.41) is 20.2. The van der Waals surface area contributed by atoms with Crippen molar-refractivity contribution in [2.45, 2.75) is 70.3 Å². The van der Waals surface area contributed by atoms with Crippen LogP contribution in [-0.4, -0.2) is 16.5 Å². The first kappa shape index (κ1) is 15.1. The molecule has 122 valence electrons. The molecule has 0 heterocycles. The summed E-state index contributed by atoms with van der Waals surface area (Å²) in [6.07, 6.45) is 9.68. The quantitative estimate of drug-likeness (QED) is 0.800. The van der Waals surface area contributed by atoms with Crippen LogP contribution >= 0.6 is 0 Å². The summed E-state index contributed by atoms with van der Waals surface area (Å²) in [5.41, 5.74) is 3.35. The number of carbonyl (C=O) groups is 1. The van der Waals surface area contributed by atoms with Gasteiger partial charge in [0.2, 0.25) is 0 Å². The van der Waals surface area contributed by atoms with E-state index >= 15 is 0 Å². The van der Waals surface area contributed by atoms with Crippen LogP contribution in [0.5, 0.6) is 0 Å². The molecule has 3 heteroatoms. The first-order valence-corrected chi connectivity index (χ1v) is 9.01. The number of hydrogen-bond donors (Lipinski definition) is 1. The average molecular weight is 311 g/mol. The molecule has 1 saturated carbocycles. The Kier molecular flexibility index (Phi) is 3.32. The van der Waals surface area contributed by atoms with Gasteiger partial charge in [-0.05, 0) is 61.5 Å². The number of allylic oxidation sites excluding steroid dienone is 4. The van der Waals surface area contributed by atoms with Crippen molar-refractivity contribution in [2.24, 2.45) is 17.3 Å². The van der Waals surface area contributed by atoms with Gasteiger partial charge in [0.1, 0.15) is 5.78 Å². The van der Waals surface area contributed by atoms with Gasteiger partial charge in [-0.25, -0.2) is 0 Å². The van der Waals surface area contributed by atoms with Crippen molar-refractivity contribution in [3.05, 3.63) is 22.8 Å². The van der Waals surface area contributed by atoms with Crippen LogP contribution in [0, 0.1) is 28.6 Å². The van der Waals surface area contributed by atoms with Crippen molar-refractivity contribution in [3.8, 4) is 6.07 Å². The smallest absolute Gasteiger partial charge is 0.137 e. The Hall–Kier alpha value is -1.40. The van der Waals surface area contributed by atoms with Crippen LogP contribution in [0.3, 0.4) is 0 Å². The zero-order valence-corrected chi connectivity index (χ0v) is 13.9. The van der Waals surface area contributed by atoms with Crippen molar-refractivity contribution in [3.63, 3.8) is 0 Å². The summed E-state index contributed by atoms with van der Waals surface area (Å²) >= 11 is 0. The zero-order chi connectivity index (χ0) is 16.2. The molecule has 0 aromatic rings. The van der Waals surface area contributed by atoms with Gasteiger partial charge in [0.25, 0.3) is 0 Å². The van der Waals surface area contributed by atoms with E-state index in [0.29, 0.717) is 30.5 Å². The maximum absolute atomic E-state index is 11.8. The summed E-state index contributed by atoms with van der Waals surface area (Å²) in [7, 11) is 0. The molecular weight excluding hydrogens is 286 g/mol. The van der Waals surface area contributed by atoms with Crippen LogP contribution in [0.4, 0.5) is 0 Å². The largest absolute Gasteiger partial charge is 0.388 e. The minimum atomic E-state index is -0.828. The fourth-order valence-electron chi connectivity index (χ4n) is 5.94. The third-order valence-electron chi connectivity index (χ3n) is 7.35. The molecule has 0 spiro atoms. The van der Waals surface area contributed by atoms with Crippen molar-refractivity contribution in [2.75, 3.05) is 0 Å². The number of hydrogen-bond acceptors (Lipinski definition) is 3. The van der Waals surface area contributed by atoms with Gasteiger partial charge in [-0.1, -0.05) is 18.6 Å². The number of aliphatic hydroxyl groups is 1. The molecule has 0 aliphatic heterocycles. The molecule has 0 aromatic carbocycles. The Labute approximate surface area is 138 Å². The molecule has 0 radical (unpaired) electrons. The highest BCUT2D eigenvalue weighted by molar-refractivity contribution is 5.83. The minimum Gasteiger partial charge on any atom is -0.388 e. The molecule has 0 amide bonds. The lowest BCUT2D eigenvalue weighted by molar-refractivity contribution is -0.118. The van der Waals surface area contributed by atoms with Crippen LogP contribution in [0.15, 0.2) is 22.8 Å². The van der Waals surface area contributed by atoms with E-state index in [1.165, 1.54) is 16.7 Å². The Morgan fingerprint density at radius 1 is 1.35 bits per heavy atom. The van der Waals surface area contributed by atoms with E-state index in [9.17, 15) is 9.90 Å². The lowest BCUT2D eigenvalue weighted by Gasteiger charge is -2.50. The third kappa shape index (κ3) is 2.01. The summed E-state index contributed by atoms with van der Waals surface area (Å²) < 4.78 is 0. The predicted octanol–water partition coefficient (Wildman–Crippen LogP) is 3.84. The SMILES string of the molecule is C[C@]12CC=C3C4=C(CC[C@H]3[C@H]1CC[C@@]2(O)CC#N)CC(=O)CC4. The van der Waals surface area contributed by atoms with Gasteiger partial charge in [-0.15, -0.1) is 0 Å². The molecular formula is C20H25NO2. The fourth-order valence-corrected chi connectivity index (χ4v) is 5.94. The topological polar surface area (TPSA) is 61.1 Å². The summed E-state index contributed by atoms with van der Waals surface area (Å²) in [6.45, 7) is 2.20. The summed E-state index contributed by atoms with van der Waals surface area (Å²) in [4.78, 5) is 11.8. The van der Waals surface area contributed by atoms with Crippen LogP contribution in [0.25, 0.3) is 0 Å². The fraction of sp³-hybridized carbons (Fsp3) is 0.700. The normalized spacial score (nSPS) is 42.5. The second-order valence-corrected chi connectivity index (χ2v) is 8.24. The molecule has 23 heavy (non-hydrogen) atoms. The van der Waals surface area contributed by atoms with E-state index < -0.39 is 5.60 Å². The molecule has 0 unspecified atom stereocenters.